The third-order valence-electron chi connectivity index (χ3n) is 13.1. The standard InChI is InChI=1S/C57H37NO2S/c1-57(2)48-16-8-6-13-41(48)42-26-24-38(30-49(42)57)58(37-22-19-35(20-23-37)40-15-10-18-55-56(40)44-14-7-9-17-54(44)61-55)39-25-27-43-46-32-53-47(33-52(46)60-51(43)31-39)45-29-36(21-28-50(45)59-53)34-11-4-3-5-12-34/h3-33H,1-2H3. The summed E-state index contributed by atoms with van der Waals surface area (Å²) in [5.74, 6) is 0. The van der Waals surface area contributed by atoms with Crippen molar-refractivity contribution in [1.82, 2.24) is 0 Å². The van der Waals surface area contributed by atoms with Crippen LogP contribution in [0.4, 0.5) is 17.1 Å². The van der Waals surface area contributed by atoms with Crippen molar-refractivity contribution in [2.75, 3.05) is 4.90 Å². The van der Waals surface area contributed by atoms with Crippen LogP contribution < -0.4 is 4.90 Å². The van der Waals surface area contributed by atoms with Crippen molar-refractivity contribution in [3.63, 3.8) is 0 Å². The summed E-state index contributed by atoms with van der Waals surface area (Å²) in [6, 6.07) is 68.2. The van der Waals surface area contributed by atoms with Crippen molar-refractivity contribution in [3.8, 4) is 33.4 Å². The molecule has 0 fully saturated rings. The van der Waals surface area contributed by atoms with Gasteiger partial charge in [-0.05, 0) is 117 Å². The molecule has 0 atom stereocenters. The zero-order valence-corrected chi connectivity index (χ0v) is 34.4. The molecule has 3 nitrogen and oxygen atoms in total. The van der Waals surface area contributed by atoms with Gasteiger partial charge in [0.1, 0.15) is 22.3 Å². The maximum atomic E-state index is 6.78. The molecule has 288 valence electrons. The number of hydrogen-bond acceptors (Lipinski definition) is 4. The van der Waals surface area contributed by atoms with E-state index < -0.39 is 0 Å². The van der Waals surface area contributed by atoms with Crippen molar-refractivity contribution in [1.29, 1.82) is 0 Å². The minimum absolute atomic E-state index is 0.134. The molecule has 0 spiro atoms. The molecule has 0 saturated heterocycles. The Labute approximate surface area is 356 Å². The van der Waals surface area contributed by atoms with Crippen molar-refractivity contribution in [3.05, 3.63) is 199 Å². The highest BCUT2D eigenvalue weighted by Crippen LogP contribution is 2.51. The molecule has 12 aromatic rings. The van der Waals surface area contributed by atoms with E-state index in [1.807, 2.05) is 11.3 Å². The summed E-state index contributed by atoms with van der Waals surface area (Å²) in [6.07, 6.45) is 0. The second kappa shape index (κ2) is 12.8. The highest BCUT2D eigenvalue weighted by molar-refractivity contribution is 7.25. The van der Waals surface area contributed by atoms with E-state index in [4.69, 9.17) is 8.83 Å². The van der Waals surface area contributed by atoms with Crippen molar-refractivity contribution in [2.24, 2.45) is 0 Å². The Morgan fingerprint density at radius 1 is 0.377 bits per heavy atom. The third kappa shape index (κ3) is 5.16. The molecular formula is C57H37NO2S. The van der Waals surface area contributed by atoms with Crippen molar-refractivity contribution in [2.45, 2.75) is 19.3 Å². The van der Waals surface area contributed by atoms with Crippen LogP contribution in [0, 0.1) is 0 Å². The van der Waals surface area contributed by atoms with Gasteiger partial charge in [-0.25, -0.2) is 0 Å². The van der Waals surface area contributed by atoms with Gasteiger partial charge in [0.15, 0.2) is 0 Å². The van der Waals surface area contributed by atoms with Gasteiger partial charge in [0.2, 0.25) is 0 Å². The van der Waals surface area contributed by atoms with Gasteiger partial charge in [-0.2, -0.15) is 0 Å². The predicted molar refractivity (Wildman–Crippen MR) is 257 cm³/mol. The van der Waals surface area contributed by atoms with Gasteiger partial charge in [0, 0.05) is 70.3 Å². The molecule has 61 heavy (non-hydrogen) atoms. The summed E-state index contributed by atoms with van der Waals surface area (Å²) >= 11 is 1.86. The summed E-state index contributed by atoms with van der Waals surface area (Å²) in [5.41, 5.74) is 16.6. The highest BCUT2D eigenvalue weighted by Gasteiger charge is 2.36. The van der Waals surface area contributed by atoms with E-state index >= 15 is 0 Å². The molecule has 3 heterocycles. The summed E-state index contributed by atoms with van der Waals surface area (Å²) in [5, 5.41) is 6.86. The molecule has 0 amide bonds. The fraction of sp³-hybridized carbons (Fsp3) is 0.0526. The van der Waals surface area contributed by atoms with Crippen LogP contribution in [0.1, 0.15) is 25.0 Å². The first kappa shape index (κ1) is 34.5. The van der Waals surface area contributed by atoms with Crippen LogP contribution in [0.2, 0.25) is 0 Å². The number of benzene rings is 9. The van der Waals surface area contributed by atoms with Crippen LogP contribution >= 0.6 is 11.3 Å². The van der Waals surface area contributed by atoms with E-state index in [1.54, 1.807) is 0 Å². The van der Waals surface area contributed by atoms with E-state index in [-0.39, 0.29) is 5.41 Å². The van der Waals surface area contributed by atoms with Crippen LogP contribution in [0.3, 0.4) is 0 Å². The summed E-state index contributed by atoms with van der Waals surface area (Å²) in [4.78, 5) is 2.38. The number of thiophene rings is 1. The Morgan fingerprint density at radius 2 is 1.00 bits per heavy atom. The molecule has 0 N–H and O–H groups in total. The molecule has 1 aliphatic rings. The van der Waals surface area contributed by atoms with E-state index in [9.17, 15) is 0 Å². The minimum atomic E-state index is -0.134. The van der Waals surface area contributed by atoms with Gasteiger partial charge < -0.3 is 13.7 Å². The van der Waals surface area contributed by atoms with Gasteiger partial charge in [-0.1, -0.05) is 123 Å². The Bertz CT molecular complexity index is 3740. The number of fused-ring (bicyclic) bond motifs is 12. The maximum absolute atomic E-state index is 6.78. The monoisotopic (exact) mass is 799 g/mol. The lowest BCUT2D eigenvalue weighted by molar-refractivity contribution is 0.660. The number of hydrogen-bond donors (Lipinski definition) is 0. The first-order valence-corrected chi connectivity index (χ1v) is 21.7. The molecule has 0 aliphatic heterocycles. The molecule has 9 aromatic carbocycles. The van der Waals surface area contributed by atoms with Gasteiger partial charge in [-0.3, -0.25) is 0 Å². The van der Waals surface area contributed by atoms with E-state index in [0.29, 0.717) is 0 Å². The second-order valence-corrected chi connectivity index (χ2v) is 17.9. The largest absolute Gasteiger partial charge is 0.456 e. The lowest BCUT2D eigenvalue weighted by Crippen LogP contribution is -2.16. The second-order valence-electron chi connectivity index (χ2n) is 16.9. The van der Waals surface area contributed by atoms with Crippen LogP contribution in [-0.4, -0.2) is 0 Å². The number of nitrogens with zero attached hydrogens (tertiary/aromatic N) is 1. The molecule has 13 rings (SSSR count). The fourth-order valence-electron chi connectivity index (χ4n) is 10.1. The van der Waals surface area contributed by atoms with E-state index in [0.717, 1.165) is 66.5 Å². The van der Waals surface area contributed by atoms with Crippen molar-refractivity contribution >= 4 is 92.4 Å². The Balaban J connectivity index is 0.958. The van der Waals surface area contributed by atoms with Gasteiger partial charge in [0.05, 0.1) is 0 Å². The normalized spacial score (nSPS) is 13.2. The molecule has 4 heteroatoms. The quantitative estimate of drug-likeness (QED) is 0.174. The average Bonchev–Trinajstić information content (AvgIpc) is 4.03. The fourth-order valence-corrected chi connectivity index (χ4v) is 11.2. The molecule has 0 saturated carbocycles. The Morgan fingerprint density at radius 3 is 1.87 bits per heavy atom. The van der Waals surface area contributed by atoms with Gasteiger partial charge in [0.25, 0.3) is 0 Å². The van der Waals surface area contributed by atoms with Gasteiger partial charge in [-0.15, -0.1) is 11.3 Å². The van der Waals surface area contributed by atoms with E-state index in [1.165, 1.54) is 59.1 Å². The SMILES string of the molecule is CC1(C)c2ccccc2-c2ccc(N(c3ccc(-c4cccc5sc6ccccc6c45)cc3)c3ccc4c(c3)oc3cc5c(cc34)oc3ccc(-c4ccccc4)cc35)cc21. The number of rotatable bonds is 5. The smallest absolute Gasteiger partial charge is 0.137 e. The zero-order chi connectivity index (χ0) is 40.4. The molecule has 3 aromatic heterocycles. The predicted octanol–water partition coefficient (Wildman–Crippen LogP) is 17.0. The van der Waals surface area contributed by atoms with Crippen LogP contribution in [0.15, 0.2) is 197 Å². The summed E-state index contributed by atoms with van der Waals surface area (Å²) in [6.45, 7) is 4.69. The first-order chi connectivity index (χ1) is 30.0. The highest BCUT2D eigenvalue weighted by atomic mass is 32.1. The topological polar surface area (TPSA) is 29.5 Å². The minimum Gasteiger partial charge on any atom is -0.456 e. The van der Waals surface area contributed by atoms with Crippen molar-refractivity contribution < 1.29 is 8.83 Å². The number of anilines is 3. The Hall–Kier alpha value is -7.40. The lowest BCUT2D eigenvalue weighted by atomic mass is 9.82. The summed E-state index contributed by atoms with van der Waals surface area (Å²) in [7, 11) is 0. The molecule has 0 unspecified atom stereocenters. The van der Waals surface area contributed by atoms with Gasteiger partial charge >= 0.3 is 0 Å². The average molecular weight is 800 g/mol. The third-order valence-corrected chi connectivity index (χ3v) is 14.2. The molecule has 0 radical (unpaired) electrons. The van der Waals surface area contributed by atoms with Crippen LogP contribution in [-0.2, 0) is 5.41 Å². The molecule has 0 bridgehead atoms. The molecular weight excluding hydrogens is 763 g/mol. The lowest BCUT2D eigenvalue weighted by Gasteiger charge is -2.28. The van der Waals surface area contributed by atoms with Crippen LogP contribution in [0.5, 0.6) is 0 Å². The summed E-state index contributed by atoms with van der Waals surface area (Å²) < 4.78 is 15.9. The van der Waals surface area contributed by atoms with E-state index in [2.05, 4.69) is 207 Å². The molecule has 1 aliphatic carbocycles. The zero-order valence-electron chi connectivity index (χ0n) is 33.6. The first-order valence-electron chi connectivity index (χ1n) is 20.9. The Kier molecular flexibility index (Phi) is 7.23. The van der Waals surface area contributed by atoms with Crippen LogP contribution in [0.25, 0.3) is 97.4 Å². The maximum Gasteiger partial charge on any atom is 0.137 e. The number of furan rings is 2.